The molecule has 1 nitrogen and oxygen atoms in total. The summed E-state index contributed by atoms with van der Waals surface area (Å²) in [7, 11) is 0. The molecule has 0 saturated carbocycles. The van der Waals surface area contributed by atoms with Crippen LogP contribution in [0.1, 0.15) is 76.8 Å². The maximum Gasteiger partial charge on any atom is 0.0331 e. The number of rotatable bonds is 11. The van der Waals surface area contributed by atoms with Gasteiger partial charge in [-0.15, -0.1) is 0 Å². The average Bonchev–Trinajstić information content (AvgIpc) is 2.48. The van der Waals surface area contributed by atoms with Crippen LogP contribution in [-0.2, 0) is 0 Å². The van der Waals surface area contributed by atoms with Gasteiger partial charge in [-0.25, -0.2) is 0 Å². The molecular weight excluding hydrogens is 437 g/mol. The molecule has 0 saturated heterocycles. The minimum absolute atomic E-state index is 0.495. The predicted molar refractivity (Wildman–Crippen MR) is 106 cm³/mol. The van der Waals surface area contributed by atoms with Crippen molar-refractivity contribution in [3.63, 3.8) is 0 Å². The summed E-state index contributed by atoms with van der Waals surface area (Å²) in [4.78, 5) is 0. The van der Waals surface area contributed by atoms with E-state index in [1.54, 1.807) is 0 Å². The largest absolute Gasteiger partial charge is 0.310 e. The number of hydrogen-bond acceptors (Lipinski definition) is 1. The first-order chi connectivity index (χ1) is 10.2. The maximum absolute atomic E-state index is 3.65. The Balaban J connectivity index is 2.41. The first kappa shape index (κ1) is 19.4. The number of hydrogen-bond donors (Lipinski definition) is 1. The fraction of sp³-hybridized carbons (Fsp3) is 0.667. The van der Waals surface area contributed by atoms with Crippen molar-refractivity contribution in [2.45, 2.75) is 71.3 Å². The van der Waals surface area contributed by atoms with Crippen LogP contribution in [0, 0.1) is 3.57 Å². The third-order valence-corrected chi connectivity index (χ3v) is 5.36. The lowest BCUT2D eigenvalue weighted by Crippen LogP contribution is -2.21. The van der Waals surface area contributed by atoms with Crippen molar-refractivity contribution in [1.82, 2.24) is 5.32 Å². The molecule has 3 heteroatoms. The molecule has 0 amide bonds. The molecule has 0 heterocycles. The number of nitrogens with one attached hydrogen (secondary N) is 1. The van der Waals surface area contributed by atoms with E-state index in [2.05, 4.69) is 75.9 Å². The average molecular weight is 466 g/mol. The van der Waals surface area contributed by atoms with Gasteiger partial charge in [0, 0.05) is 14.1 Å². The Hall–Kier alpha value is 0.390. The van der Waals surface area contributed by atoms with Crippen molar-refractivity contribution in [2.24, 2.45) is 0 Å². The minimum atomic E-state index is 0.495. The molecule has 0 aliphatic heterocycles. The van der Waals surface area contributed by atoms with Crippen LogP contribution in [0.15, 0.2) is 22.7 Å². The molecule has 0 bridgehead atoms. The van der Waals surface area contributed by atoms with E-state index in [1.165, 1.54) is 65.0 Å². The first-order valence-electron chi connectivity index (χ1n) is 8.37. The van der Waals surface area contributed by atoms with Crippen LogP contribution in [0.4, 0.5) is 0 Å². The van der Waals surface area contributed by atoms with Crippen molar-refractivity contribution in [1.29, 1.82) is 0 Å². The van der Waals surface area contributed by atoms with Crippen LogP contribution in [0.3, 0.4) is 0 Å². The Morgan fingerprint density at radius 3 is 2.38 bits per heavy atom. The molecule has 120 valence electrons. The molecular formula is C18H29BrIN. The molecule has 0 radical (unpaired) electrons. The Morgan fingerprint density at radius 2 is 1.71 bits per heavy atom. The highest BCUT2D eigenvalue weighted by atomic mass is 127. The Morgan fingerprint density at radius 1 is 1.05 bits per heavy atom. The van der Waals surface area contributed by atoms with Crippen molar-refractivity contribution in [3.8, 4) is 0 Å². The summed E-state index contributed by atoms with van der Waals surface area (Å²) in [6.45, 7) is 5.51. The van der Waals surface area contributed by atoms with Gasteiger partial charge in [-0.1, -0.05) is 74.7 Å². The highest BCUT2D eigenvalue weighted by Gasteiger charge is 2.13. The van der Waals surface area contributed by atoms with Crippen molar-refractivity contribution >= 4 is 38.5 Å². The highest BCUT2D eigenvalue weighted by molar-refractivity contribution is 14.1. The highest BCUT2D eigenvalue weighted by Crippen LogP contribution is 2.27. The Bertz CT molecular complexity index is 395. The summed E-state index contributed by atoms with van der Waals surface area (Å²) in [6, 6.07) is 7.10. The summed E-state index contributed by atoms with van der Waals surface area (Å²) >= 11 is 6.06. The van der Waals surface area contributed by atoms with Gasteiger partial charge >= 0.3 is 0 Å². The zero-order chi connectivity index (χ0) is 15.5. The summed E-state index contributed by atoms with van der Waals surface area (Å²) in [5, 5.41) is 3.65. The Labute approximate surface area is 152 Å². The van der Waals surface area contributed by atoms with Crippen molar-refractivity contribution in [3.05, 3.63) is 31.8 Å². The van der Waals surface area contributed by atoms with Gasteiger partial charge in [-0.05, 0) is 59.3 Å². The lowest BCUT2D eigenvalue weighted by molar-refractivity contribution is 0.474. The number of benzene rings is 1. The molecule has 0 fully saturated rings. The van der Waals surface area contributed by atoms with Crippen LogP contribution >= 0.6 is 38.5 Å². The lowest BCUT2D eigenvalue weighted by atomic mass is 9.99. The van der Waals surface area contributed by atoms with Crippen molar-refractivity contribution < 1.29 is 0 Å². The second-order valence-corrected chi connectivity index (χ2v) is 7.76. The molecule has 0 aliphatic rings. The molecule has 1 aromatic carbocycles. The number of halogens is 2. The van der Waals surface area contributed by atoms with Gasteiger partial charge in [-0.3, -0.25) is 0 Å². The molecule has 0 spiro atoms. The van der Waals surface area contributed by atoms with E-state index in [0.29, 0.717) is 6.04 Å². The van der Waals surface area contributed by atoms with Crippen LogP contribution in [-0.4, -0.2) is 6.54 Å². The van der Waals surface area contributed by atoms with Gasteiger partial charge in [-0.2, -0.15) is 0 Å². The molecule has 1 N–H and O–H groups in total. The van der Waals surface area contributed by atoms with Gasteiger partial charge in [0.1, 0.15) is 0 Å². The summed E-state index contributed by atoms with van der Waals surface area (Å²) in [5.41, 5.74) is 1.44. The molecule has 1 unspecified atom stereocenters. The van der Waals surface area contributed by atoms with Gasteiger partial charge < -0.3 is 5.32 Å². The normalized spacial score (nSPS) is 12.6. The van der Waals surface area contributed by atoms with Crippen molar-refractivity contribution in [2.75, 3.05) is 6.54 Å². The quantitative estimate of drug-likeness (QED) is 0.278. The molecule has 1 rings (SSSR count). The van der Waals surface area contributed by atoms with E-state index in [1.807, 2.05) is 0 Å². The maximum atomic E-state index is 3.65. The minimum Gasteiger partial charge on any atom is -0.310 e. The van der Waals surface area contributed by atoms with Crippen LogP contribution < -0.4 is 5.32 Å². The molecule has 0 aliphatic carbocycles. The van der Waals surface area contributed by atoms with Gasteiger partial charge in [0.15, 0.2) is 0 Å². The monoisotopic (exact) mass is 465 g/mol. The SMILES string of the molecule is CCCCCCCCCC(NCC)c1cc(Br)ccc1I. The molecule has 1 atom stereocenters. The van der Waals surface area contributed by atoms with Crippen LogP contribution in [0.25, 0.3) is 0 Å². The van der Waals surface area contributed by atoms with E-state index >= 15 is 0 Å². The third kappa shape index (κ3) is 7.98. The second-order valence-electron chi connectivity index (χ2n) is 5.69. The van der Waals surface area contributed by atoms with E-state index in [4.69, 9.17) is 0 Å². The van der Waals surface area contributed by atoms with Crippen LogP contribution in [0.5, 0.6) is 0 Å². The molecule has 0 aromatic heterocycles. The summed E-state index contributed by atoms with van der Waals surface area (Å²) in [6.07, 6.45) is 10.9. The lowest BCUT2D eigenvalue weighted by Gasteiger charge is -2.20. The van der Waals surface area contributed by atoms with Crippen LogP contribution in [0.2, 0.25) is 0 Å². The van der Waals surface area contributed by atoms with Gasteiger partial charge in [0.2, 0.25) is 0 Å². The van der Waals surface area contributed by atoms with E-state index in [9.17, 15) is 0 Å². The van der Waals surface area contributed by atoms with Gasteiger partial charge in [0.25, 0.3) is 0 Å². The topological polar surface area (TPSA) is 12.0 Å². The number of unbranched alkanes of at least 4 members (excludes halogenated alkanes) is 6. The van der Waals surface area contributed by atoms with Gasteiger partial charge in [0.05, 0.1) is 0 Å². The zero-order valence-corrected chi connectivity index (χ0v) is 17.2. The summed E-state index contributed by atoms with van der Waals surface area (Å²) in [5.74, 6) is 0. The van der Waals surface area contributed by atoms with E-state index in [-0.39, 0.29) is 0 Å². The Kier molecular flexibility index (Phi) is 11.0. The zero-order valence-electron chi connectivity index (χ0n) is 13.4. The fourth-order valence-electron chi connectivity index (χ4n) is 2.70. The summed E-state index contributed by atoms with van der Waals surface area (Å²) < 4.78 is 2.55. The molecule has 21 heavy (non-hydrogen) atoms. The van der Waals surface area contributed by atoms with E-state index in [0.717, 1.165) is 6.54 Å². The smallest absolute Gasteiger partial charge is 0.0331 e. The standard InChI is InChI=1S/C18H29BrIN/c1-3-5-6-7-8-9-10-11-18(21-4-2)16-14-15(19)12-13-17(16)20/h12-14,18,21H,3-11H2,1-2H3. The first-order valence-corrected chi connectivity index (χ1v) is 10.2. The molecule has 1 aromatic rings. The van der Waals surface area contributed by atoms with E-state index < -0.39 is 0 Å². The second kappa shape index (κ2) is 11.9. The predicted octanol–water partition coefficient (Wildman–Crippen LogP) is 6.85. The fourth-order valence-corrected chi connectivity index (χ4v) is 3.79. The third-order valence-electron chi connectivity index (χ3n) is 3.88.